The number of sulfonamides is 1. The molecule has 2 rings (SSSR count). The van der Waals surface area contributed by atoms with E-state index in [2.05, 4.69) is 10.0 Å². The predicted octanol–water partition coefficient (Wildman–Crippen LogP) is 2.46. The van der Waals surface area contributed by atoms with Gasteiger partial charge in [-0.3, -0.25) is 10.0 Å². The lowest BCUT2D eigenvalue weighted by Crippen LogP contribution is -2.38. The van der Waals surface area contributed by atoms with Gasteiger partial charge < -0.3 is 11.1 Å². The molecular weight excluding hydrogens is 411 g/mol. The summed E-state index contributed by atoms with van der Waals surface area (Å²) in [6, 6.07) is 8.29. The first-order chi connectivity index (χ1) is 14.1. The zero-order valence-electron chi connectivity index (χ0n) is 16.9. The smallest absolute Gasteiger partial charge is 0.265 e. The Morgan fingerprint density at radius 1 is 1.13 bits per heavy atom. The molecule has 0 radical (unpaired) electrons. The lowest BCUT2D eigenvalue weighted by Gasteiger charge is -2.19. The number of hydrogen-bond acceptors (Lipinski definition) is 6. The number of aryl methyl sites for hydroxylation is 2. The van der Waals surface area contributed by atoms with Crippen LogP contribution in [0.3, 0.4) is 0 Å². The predicted molar refractivity (Wildman–Crippen MR) is 113 cm³/mol. The number of rotatable bonds is 10. The summed E-state index contributed by atoms with van der Waals surface area (Å²) in [6.07, 6.45) is 1.33. The van der Waals surface area contributed by atoms with Crippen LogP contribution in [0.5, 0.6) is 0 Å². The number of nitrogens with two attached hydrogens (primary N) is 1. The normalized spacial score (nSPS) is 12.4. The molecule has 1 atom stereocenters. The van der Waals surface area contributed by atoms with E-state index in [4.69, 9.17) is 10.9 Å². The topological polar surface area (TPSA) is 134 Å². The monoisotopic (exact) mass is 438 g/mol. The Balaban J connectivity index is 1.89. The maximum absolute atomic E-state index is 13.8. The third-order valence-corrected chi connectivity index (χ3v) is 6.08. The number of hydrogen-bond donors (Lipinski definition) is 5. The highest BCUT2D eigenvalue weighted by Gasteiger charge is 2.19. The molecule has 1 amide bonds. The number of nitrogens with one attached hydrogen (secondary N) is 3. The van der Waals surface area contributed by atoms with E-state index in [-0.39, 0.29) is 17.3 Å². The molecule has 2 aromatic carbocycles. The van der Waals surface area contributed by atoms with E-state index < -0.39 is 22.0 Å². The van der Waals surface area contributed by atoms with E-state index in [1.165, 1.54) is 24.3 Å². The van der Waals surface area contributed by atoms with E-state index in [1.54, 1.807) is 31.5 Å². The van der Waals surface area contributed by atoms with Gasteiger partial charge in [-0.1, -0.05) is 0 Å². The van der Waals surface area contributed by atoms with Gasteiger partial charge in [-0.25, -0.2) is 23.0 Å². The molecule has 10 heteroatoms. The standard InChI is InChI=1S/C20H27FN4O4S/c1-13-11-16(12-14(2)19(13)21)24-18(20(26)25-27)5-3-4-10-23-30(28,29)17-8-6-15(22)7-9-17/h6-9,11-12,18,23-24,27H,3-5,10,22H2,1-2H3,(H,25,26)/t18-/m1/s1. The largest absolute Gasteiger partial charge is 0.399 e. The van der Waals surface area contributed by atoms with Gasteiger partial charge in [-0.15, -0.1) is 0 Å². The van der Waals surface area contributed by atoms with Crippen LogP contribution in [0.2, 0.25) is 0 Å². The Kier molecular flexibility index (Phi) is 8.16. The highest BCUT2D eigenvalue weighted by Crippen LogP contribution is 2.20. The second-order valence-corrected chi connectivity index (χ2v) is 8.83. The van der Waals surface area contributed by atoms with Gasteiger partial charge >= 0.3 is 0 Å². The molecular formula is C20H27FN4O4S. The molecule has 30 heavy (non-hydrogen) atoms. The number of hydroxylamine groups is 1. The van der Waals surface area contributed by atoms with Gasteiger partial charge in [-0.05, 0) is 80.6 Å². The molecule has 0 saturated heterocycles. The quantitative estimate of drug-likeness (QED) is 0.167. The minimum Gasteiger partial charge on any atom is -0.399 e. The number of carbonyl (C=O) groups is 1. The molecule has 0 aliphatic rings. The fourth-order valence-corrected chi connectivity index (χ4v) is 4.06. The first-order valence-corrected chi connectivity index (χ1v) is 10.9. The van der Waals surface area contributed by atoms with Crippen molar-refractivity contribution in [3.63, 3.8) is 0 Å². The summed E-state index contributed by atoms with van der Waals surface area (Å²) in [5.41, 5.74) is 9.10. The molecule has 0 saturated carbocycles. The van der Waals surface area contributed by atoms with Gasteiger partial charge in [0.1, 0.15) is 11.9 Å². The fourth-order valence-electron chi connectivity index (χ4n) is 2.99. The summed E-state index contributed by atoms with van der Waals surface area (Å²) in [7, 11) is -3.64. The zero-order chi connectivity index (χ0) is 22.3. The lowest BCUT2D eigenvalue weighted by molar-refractivity contribution is -0.130. The molecule has 0 heterocycles. The molecule has 0 aliphatic carbocycles. The molecule has 0 fully saturated rings. The van der Waals surface area contributed by atoms with E-state index >= 15 is 0 Å². The van der Waals surface area contributed by atoms with Crippen LogP contribution in [0.15, 0.2) is 41.3 Å². The van der Waals surface area contributed by atoms with Crippen LogP contribution in [-0.2, 0) is 14.8 Å². The fraction of sp³-hybridized carbons (Fsp3) is 0.350. The maximum Gasteiger partial charge on any atom is 0.265 e. The first-order valence-electron chi connectivity index (χ1n) is 9.46. The Bertz CT molecular complexity index is 958. The second-order valence-electron chi connectivity index (χ2n) is 7.06. The van der Waals surface area contributed by atoms with Crippen LogP contribution in [0, 0.1) is 19.7 Å². The number of unbranched alkanes of at least 4 members (excludes halogenated alkanes) is 1. The van der Waals surface area contributed by atoms with E-state index in [1.807, 2.05) is 0 Å². The second kappa shape index (κ2) is 10.4. The molecule has 0 unspecified atom stereocenters. The minimum atomic E-state index is -3.64. The molecule has 0 aromatic heterocycles. The van der Waals surface area contributed by atoms with Crippen LogP contribution < -0.4 is 21.3 Å². The van der Waals surface area contributed by atoms with Crippen LogP contribution in [0.4, 0.5) is 15.8 Å². The average Bonchev–Trinajstić information content (AvgIpc) is 2.70. The maximum atomic E-state index is 13.8. The minimum absolute atomic E-state index is 0.123. The van der Waals surface area contributed by atoms with Crippen molar-refractivity contribution >= 4 is 27.3 Å². The number of carbonyl (C=O) groups excluding carboxylic acids is 1. The number of nitrogen functional groups attached to an aromatic ring is 1. The van der Waals surface area contributed by atoms with Crippen molar-refractivity contribution in [2.75, 3.05) is 17.6 Å². The Morgan fingerprint density at radius 3 is 2.30 bits per heavy atom. The molecule has 164 valence electrons. The SMILES string of the molecule is Cc1cc(N[C@H](CCCCNS(=O)(=O)c2ccc(N)cc2)C(=O)NO)cc(C)c1F. The average molecular weight is 439 g/mol. The summed E-state index contributed by atoms with van der Waals surface area (Å²) < 4.78 is 40.8. The highest BCUT2D eigenvalue weighted by molar-refractivity contribution is 7.89. The summed E-state index contributed by atoms with van der Waals surface area (Å²) in [5.74, 6) is -0.936. The molecule has 6 N–H and O–H groups in total. The summed E-state index contributed by atoms with van der Waals surface area (Å²) in [5, 5.41) is 12.0. The van der Waals surface area contributed by atoms with Gasteiger partial charge in [0, 0.05) is 17.9 Å². The van der Waals surface area contributed by atoms with Crippen LogP contribution in [0.25, 0.3) is 0 Å². The van der Waals surface area contributed by atoms with Crippen molar-refractivity contribution < 1.29 is 22.8 Å². The highest BCUT2D eigenvalue weighted by atomic mass is 32.2. The number of benzene rings is 2. The van der Waals surface area contributed by atoms with E-state index in [9.17, 15) is 17.6 Å². The van der Waals surface area contributed by atoms with Gasteiger partial charge in [0.05, 0.1) is 4.90 Å². The summed E-state index contributed by atoms with van der Waals surface area (Å²) in [6.45, 7) is 3.44. The molecule has 2 aromatic rings. The number of halogens is 1. The lowest BCUT2D eigenvalue weighted by atomic mass is 10.1. The van der Waals surface area contributed by atoms with E-state index in [0.717, 1.165) is 0 Å². The molecule has 0 aliphatic heterocycles. The van der Waals surface area contributed by atoms with Crippen molar-refractivity contribution in [1.29, 1.82) is 0 Å². The van der Waals surface area contributed by atoms with Crippen LogP contribution in [0.1, 0.15) is 30.4 Å². The third-order valence-electron chi connectivity index (χ3n) is 4.61. The van der Waals surface area contributed by atoms with Gasteiger partial charge in [0.2, 0.25) is 10.0 Å². The van der Waals surface area contributed by atoms with Crippen molar-refractivity contribution in [3.05, 3.63) is 53.3 Å². The van der Waals surface area contributed by atoms with Gasteiger partial charge in [0.25, 0.3) is 5.91 Å². The Hall–Kier alpha value is -2.69. The van der Waals surface area contributed by atoms with E-state index in [0.29, 0.717) is 41.8 Å². The van der Waals surface area contributed by atoms with Crippen LogP contribution in [-0.4, -0.2) is 32.1 Å². The zero-order valence-corrected chi connectivity index (χ0v) is 17.7. The van der Waals surface area contributed by atoms with Crippen LogP contribution >= 0.6 is 0 Å². The third kappa shape index (κ3) is 6.41. The van der Waals surface area contributed by atoms with Crippen molar-refractivity contribution in [3.8, 4) is 0 Å². The first kappa shape index (κ1) is 23.6. The number of amides is 1. The Morgan fingerprint density at radius 2 is 1.73 bits per heavy atom. The molecule has 8 nitrogen and oxygen atoms in total. The summed E-state index contributed by atoms with van der Waals surface area (Å²) in [4.78, 5) is 12.1. The molecule has 0 spiro atoms. The van der Waals surface area contributed by atoms with Crippen molar-refractivity contribution in [2.45, 2.75) is 44.0 Å². The van der Waals surface area contributed by atoms with Gasteiger partial charge in [0.15, 0.2) is 0 Å². The van der Waals surface area contributed by atoms with Crippen molar-refractivity contribution in [2.24, 2.45) is 0 Å². The number of anilines is 2. The molecule has 0 bridgehead atoms. The van der Waals surface area contributed by atoms with Gasteiger partial charge in [-0.2, -0.15) is 0 Å². The summed E-state index contributed by atoms with van der Waals surface area (Å²) >= 11 is 0. The Labute approximate surface area is 175 Å². The van der Waals surface area contributed by atoms with Crippen molar-refractivity contribution in [1.82, 2.24) is 10.2 Å².